The lowest BCUT2D eigenvalue weighted by atomic mass is 9.87. The van der Waals surface area contributed by atoms with E-state index in [1.807, 2.05) is 43.3 Å². The highest BCUT2D eigenvalue weighted by Crippen LogP contribution is 2.28. The number of benzene rings is 2. The van der Waals surface area contributed by atoms with E-state index in [2.05, 4.69) is 43.2 Å². The molecular weight excluding hydrogens is 292 g/mol. The Hall–Kier alpha value is -2.60. The molecule has 0 aliphatic carbocycles. The molecule has 0 saturated heterocycles. The topological polar surface area (TPSA) is 20.2 Å². The van der Waals surface area contributed by atoms with Gasteiger partial charge in [0.2, 0.25) is 0 Å². The third-order valence-corrected chi connectivity index (χ3v) is 4.10. The fourth-order valence-corrected chi connectivity index (χ4v) is 2.69. The third-order valence-electron chi connectivity index (χ3n) is 4.10. The second kappa shape index (κ2) is 8.31. The van der Waals surface area contributed by atoms with E-state index in [-0.39, 0.29) is 0 Å². The Morgan fingerprint density at radius 1 is 0.917 bits per heavy atom. The fraction of sp³-hybridized carbons (Fsp3) is 0.174. The molecular formula is C23H24O. The van der Waals surface area contributed by atoms with E-state index in [1.54, 1.807) is 12.2 Å². The molecule has 2 aromatic rings. The van der Waals surface area contributed by atoms with E-state index in [9.17, 15) is 5.11 Å². The van der Waals surface area contributed by atoms with Crippen LogP contribution in [0.25, 0.3) is 5.57 Å². The minimum absolute atomic E-state index is 0.467. The van der Waals surface area contributed by atoms with Crippen LogP contribution in [-0.4, -0.2) is 10.7 Å². The van der Waals surface area contributed by atoms with E-state index in [4.69, 9.17) is 0 Å². The van der Waals surface area contributed by atoms with Crippen molar-refractivity contribution in [2.45, 2.75) is 25.4 Å². The summed E-state index contributed by atoms with van der Waals surface area (Å²) in [5, 5.41) is 11.0. The van der Waals surface area contributed by atoms with Crippen molar-refractivity contribution < 1.29 is 5.11 Å². The maximum atomic E-state index is 11.0. The minimum atomic E-state index is -1.00. The van der Waals surface area contributed by atoms with E-state index in [0.29, 0.717) is 12.8 Å². The SMILES string of the molecule is C=CCC(O)(CC=C)C(C)=C=C(c1ccccc1)c1ccccc1. The van der Waals surface area contributed by atoms with Gasteiger partial charge in [-0.2, -0.15) is 0 Å². The molecule has 0 aromatic heterocycles. The molecule has 0 aliphatic rings. The van der Waals surface area contributed by atoms with Gasteiger partial charge in [-0.05, 0) is 30.9 Å². The molecule has 2 rings (SSSR count). The number of hydrogen-bond donors (Lipinski definition) is 1. The molecule has 1 heteroatoms. The average molecular weight is 316 g/mol. The summed E-state index contributed by atoms with van der Waals surface area (Å²) in [6, 6.07) is 20.3. The maximum Gasteiger partial charge on any atom is 0.0995 e. The molecule has 122 valence electrons. The molecule has 0 amide bonds. The molecule has 2 aromatic carbocycles. The van der Waals surface area contributed by atoms with Gasteiger partial charge in [-0.1, -0.05) is 72.8 Å². The summed E-state index contributed by atoms with van der Waals surface area (Å²) in [5.41, 5.74) is 6.34. The van der Waals surface area contributed by atoms with Crippen LogP contribution in [0.4, 0.5) is 0 Å². The zero-order valence-electron chi connectivity index (χ0n) is 14.2. The van der Waals surface area contributed by atoms with Crippen molar-refractivity contribution in [3.05, 3.63) is 108 Å². The quantitative estimate of drug-likeness (QED) is 0.525. The van der Waals surface area contributed by atoms with Gasteiger partial charge in [0.05, 0.1) is 5.60 Å². The normalized spacial score (nSPS) is 10.6. The Kier molecular flexibility index (Phi) is 6.14. The van der Waals surface area contributed by atoms with Crippen LogP contribution in [0.1, 0.15) is 30.9 Å². The molecule has 0 radical (unpaired) electrons. The van der Waals surface area contributed by atoms with Gasteiger partial charge in [-0.15, -0.1) is 18.9 Å². The Bertz CT molecular complexity index is 696. The van der Waals surface area contributed by atoms with Crippen LogP contribution in [0.5, 0.6) is 0 Å². The van der Waals surface area contributed by atoms with Crippen LogP contribution < -0.4 is 0 Å². The van der Waals surface area contributed by atoms with Gasteiger partial charge in [-0.3, -0.25) is 0 Å². The number of hydrogen-bond acceptors (Lipinski definition) is 1. The Morgan fingerprint density at radius 2 is 1.33 bits per heavy atom. The van der Waals surface area contributed by atoms with E-state index >= 15 is 0 Å². The van der Waals surface area contributed by atoms with Gasteiger partial charge in [-0.25, -0.2) is 0 Å². The van der Waals surface area contributed by atoms with Crippen LogP contribution in [0.15, 0.2) is 97.3 Å². The van der Waals surface area contributed by atoms with Crippen molar-refractivity contribution in [1.82, 2.24) is 0 Å². The lowest BCUT2D eigenvalue weighted by Gasteiger charge is -2.25. The maximum absolute atomic E-state index is 11.0. The summed E-state index contributed by atoms with van der Waals surface area (Å²) >= 11 is 0. The van der Waals surface area contributed by atoms with Crippen molar-refractivity contribution in [2.75, 3.05) is 0 Å². The zero-order chi connectivity index (χ0) is 17.4. The van der Waals surface area contributed by atoms with Crippen molar-refractivity contribution >= 4 is 5.57 Å². The Balaban J connectivity index is 2.67. The van der Waals surface area contributed by atoms with Crippen molar-refractivity contribution in [3.63, 3.8) is 0 Å². The van der Waals surface area contributed by atoms with Gasteiger partial charge in [0.15, 0.2) is 0 Å². The predicted octanol–water partition coefficient (Wildman–Crippen LogP) is 5.55. The zero-order valence-corrected chi connectivity index (χ0v) is 14.2. The Morgan fingerprint density at radius 3 is 1.71 bits per heavy atom. The molecule has 24 heavy (non-hydrogen) atoms. The minimum Gasteiger partial charge on any atom is -0.384 e. The van der Waals surface area contributed by atoms with Gasteiger partial charge in [0.1, 0.15) is 0 Å². The molecule has 0 heterocycles. The first-order valence-electron chi connectivity index (χ1n) is 8.14. The van der Waals surface area contributed by atoms with E-state index in [1.165, 1.54) is 0 Å². The second-order valence-corrected chi connectivity index (χ2v) is 5.87. The summed E-state index contributed by atoms with van der Waals surface area (Å²) in [6.45, 7) is 9.44. The molecule has 0 saturated carbocycles. The van der Waals surface area contributed by atoms with E-state index in [0.717, 1.165) is 22.3 Å². The molecule has 0 fully saturated rings. The largest absolute Gasteiger partial charge is 0.384 e. The van der Waals surface area contributed by atoms with Gasteiger partial charge < -0.3 is 5.11 Å². The Labute approximate surface area is 145 Å². The van der Waals surface area contributed by atoms with Crippen LogP contribution in [0, 0.1) is 0 Å². The number of aliphatic hydroxyl groups is 1. The first-order valence-corrected chi connectivity index (χ1v) is 8.14. The van der Waals surface area contributed by atoms with Crippen LogP contribution >= 0.6 is 0 Å². The molecule has 0 aliphatic heterocycles. The molecule has 1 N–H and O–H groups in total. The van der Waals surface area contributed by atoms with Crippen molar-refractivity contribution in [1.29, 1.82) is 0 Å². The van der Waals surface area contributed by atoms with Crippen molar-refractivity contribution in [3.8, 4) is 0 Å². The highest BCUT2D eigenvalue weighted by molar-refractivity contribution is 5.79. The lowest BCUT2D eigenvalue weighted by molar-refractivity contribution is 0.0851. The van der Waals surface area contributed by atoms with Gasteiger partial charge in [0, 0.05) is 11.1 Å². The number of rotatable bonds is 7. The predicted molar refractivity (Wildman–Crippen MR) is 103 cm³/mol. The molecule has 1 nitrogen and oxygen atoms in total. The third kappa shape index (κ3) is 4.23. The first-order chi connectivity index (χ1) is 11.6. The average Bonchev–Trinajstić information content (AvgIpc) is 2.61. The summed E-state index contributed by atoms with van der Waals surface area (Å²) in [5.74, 6) is 0. The molecule has 0 atom stereocenters. The highest BCUT2D eigenvalue weighted by Gasteiger charge is 2.26. The van der Waals surface area contributed by atoms with Crippen molar-refractivity contribution in [2.24, 2.45) is 0 Å². The van der Waals surface area contributed by atoms with Crippen LogP contribution in [0.2, 0.25) is 0 Å². The second-order valence-electron chi connectivity index (χ2n) is 5.87. The summed E-state index contributed by atoms with van der Waals surface area (Å²) < 4.78 is 0. The fourth-order valence-electron chi connectivity index (χ4n) is 2.69. The van der Waals surface area contributed by atoms with Gasteiger partial charge in [0.25, 0.3) is 0 Å². The van der Waals surface area contributed by atoms with Crippen LogP contribution in [-0.2, 0) is 0 Å². The first kappa shape index (κ1) is 17.7. The molecule has 0 spiro atoms. The lowest BCUT2D eigenvalue weighted by Crippen LogP contribution is -2.28. The van der Waals surface area contributed by atoms with Gasteiger partial charge >= 0.3 is 0 Å². The smallest absolute Gasteiger partial charge is 0.0995 e. The van der Waals surface area contributed by atoms with Crippen LogP contribution in [0.3, 0.4) is 0 Å². The van der Waals surface area contributed by atoms with E-state index < -0.39 is 5.60 Å². The molecule has 0 bridgehead atoms. The standard InChI is InChI=1S/C23H24O/c1-4-16-23(24,17-5-2)19(3)18-22(20-12-8-6-9-13-20)21-14-10-7-11-15-21/h4-15,24H,1-2,16-17H2,3H3. The summed E-state index contributed by atoms with van der Waals surface area (Å²) in [4.78, 5) is 0. The monoisotopic (exact) mass is 316 g/mol. The summed E-state index contributed by atoms with van der Waals surface area (Å²) in [7, 11) is 0. The summed E-state index contributed by atoms with van der Waals surface area (Å²) in [6.07, 6.45) is 4.40. The highest BCUT2D eigenvalue weighted by atomic mass is 16.3. The molecule has 0 unspecified atom stereocenters.